The van der Waals surface area contributed by atoms with Gasteiger partial charge in [0, 0.05) is 47.2 Å². The number of benzene rings is 3. The number of amides is 1. The van der Waals surface area contributed by atoms with E-state index >= 15 is 0 Å². The van der Waals surface area contributed by atoms with Crippen LogP contribution in [-0.4, -0.2) is 31.7 Å². The first-order chi connectivity index (χ1) is 19.5. The predicted molar refractivity (Wildman–Crippen MR) is 152 cm³/mol. The van der Waals surface area contributed by atoms with Crippen molar-refractivity contribution in [2.75, 3.05) is 0 Å². The number of H-pyrrole nitrogens is 1. The highest BCUT2D eigenvalue weighted by molar-refractivity contribution is 6.46. The topological polar surface area (TPSA) is 95.5 Å². The summed E-state index contributed by atoms with van der Waals surface area (Å²) >= 11 is 0. The Morgan fingerprint density at radius 3 is 2.52 bits per heavy atom. The number of para-hydroxylation sites is 1. The lowest BCUT2D eigenvalue weighted by Gasteiger charge is -2.25. The zero-order valence-electron chi connectivity index (χ0n) is 21.9. The number of carbonyl (C=O) groups excluding carboxylic acids is 2. The van der Waals surface area contributed by atoms with Gasteiger partial charge in [-0.1, -0.05) is 54.6 Å². The van der Waals surface area contributed by atoms with Crippen molar-refractivity contribution in [3.63, 3.8) is 0 Å². The molecule has 5 aromatic rings. The van der Waals surface area contributed by atoms with Crippen LogP contribution in [0.3, 0.4) is 0 Å². The number of aromatic nitrogens is 2. The Balaban J connectivity index is 1.41. The Kier molecular flexibility index (Phi) is 6.62. The van der Waals surface area contributed by atoms with E-state index in [9.17, 15) is 14.7 Å². The number of aliphatic hydroxyl groups is 1. The molecule has 0 spiro atoms. The third kappa shape index (κ3) is 4.62. The molecular formula is C33H27N3O4. The summed E-state index contributed by atoms with van der Waals surface area (Å²) in [5, 5.41) is 12.4. The summed E-state index contributed by atoms with van der Waals surface area (Å²) in [6.45, 7) is 2.47. The van der Waals surface area contributed by atoms with Gasteiger partial charge in [0.05, 0.1) is 11.6 Å². The molecule has 1 aliphatic rings. The molecule has 1 aliphatic heterocycles. The molecule has 2 aromatic heterocycles. The van der Waals surface area contributed by atoms with Gasteiger partial charge in [-0.3, -0.25) is 14.6 Å². The fraction of sp³-hybridized carbons (Fsp3) is 0.121. The van der Waals surface area contributed by atoms with E-state index in [1.165, 1.54) is 4.90 Å². The number of hydrogen-bond donors (Lipinski definition) is 2. The number of nitrogens with zero attached hydrogens (tertiary/aromatic N) is 2. The molecule has 3 aromatic carbocycles. The highest BCUT2D eigenvalue weighted by Gasteiger charge is 2.46. The highest BCUT2D eigenvalue weighted by Crippen LogP contribution is 2.43. The maximum atomic E-state index is 13.5. The molecular weight excluding hydrogens is 502 g/mol. The van der Waals surface area contributed by atoms with Crippen LogP contribution in [0.4, 0.5) is 0 Å². The van der Waals surface area contributed by atoms with Crippen molar-refractivity contribution in [1.82, 2.24) is 14.9 Å². The lowest BCUT2D eigenvalue weighted by molar-refractivity contribution is -0.140. The molecule has 0 radical (unpaired) electrons. The smallest absolute Gasteiger partial charge is 0.295 e. The van der Waals surface area contributed by atoms with Crippen LogP contribution in [0.5, 0.6) is 5.75 Å². The van der Waals surface area contributed by atoms with Gasteiger partial charge in [-0.15, -0.1) is 0 Å². The van der Waals surface area contributed by atoms with Gasteiger partial charge >= 0.3 is 0 Å². The summed E-state index contributed by atoms with van der Waals surface area (Å²) in [5.74, 6) is -0.940. The van der Waals surface area contributed by atoms with E-state index in [4.69, 9.17) is 4.74 Å². The quantitative estimate of drug-likeness (QED) is 0.152. The van der Waals surface area contributed by atoms with Crippen LogP contribution in [0.25, 0.3) is 16.7 Å². The average molecular weight is 530 g/mol. The number of hydrogen-bond acceptors (Lipinski definition) is 5. The van der Waals surface area contributed by atoms with Crippen LogP contribution < -0.4 is 4.74 Å². The number of Topliss-reactive ketones (excluding diaryl/α,β-unsaturated/α-hetero) is 1. The molecule has 1 saturated heterocycles. The number of likely N-dealkylation sites (tertiary alicyclic amines) is 1. The Bertz CT molecular complexity index is 1740. The van der Waals surface area contributed by atoms with E-state index in [2.05, 4.69) is 9.97 Å². The lowest BCUT2D eigenvalue weighted by atomic mass is 9.94. The minimum absolute atomic E-state index is 0.0518. The number of ether oxygens (including phenoxy) is 1. The molecule has 0 aliphatic carbocycles. The Morgan fingerprint density at radius 1 is 0.975 bits per heavy atom. The third-order valence-electron chi connectivity index (χ3n) is 7.22. The number of nitrogens with one attached hydrogen (secondary N) is 1. The lowest BCUT2D eigenvalue weighted by Crippen LogP contribution is -2.29. The van der Waals surface area contributed by atoms with E-state index in [-0.39, 0.29) is 17.9 Å². The summed E-state index contributed by atoms with van der Waals surface area (Å²) < 4.78 is 6.00. The normalized spacial score (nSPS) is 16.5. The van der Waals surface area contributed by atoms with Crippen LogP contribution in [0.2, 0.25) is 0 Å². The number of fused-ring (bicyclic) bond motifs is 1. The molecule has 0 bridgehead atoms. The highest BCUT2D eigenvalue weighted by atomic mass is 16.5. The van der Waals surface area contributed by atoms with Gasteiger partial charge in [-0.05, 0) is 53.9 Å². The molecule has 1 unspecified atom stereocenters. The molecule has 7 nitrogen and oxygen atoms in total. The second-order valence-electron chi connectivity index (χ2n) is 9.83. The molecule has 0 saturated carbocycles. The number of aliphatic hydroxyl groups excluding tert-OH is 1. The molecule has 7 heteroatoms. The Hall–Kier alpha value is -5.17. The number of aromatic amines is 1. The number of pyridine rings is 1. The van der Waals surface area contributed by atoms with E-state index in [0.717, 1.165) is 33.2 Å². The Labute approximate surface area is 231 Å². The van der Waals surface area contributed by atoms with E-state index in [1.807, 2.05) is 67.6 Å². The first-order valence-electron chi connectivity index (χ1n) is 13.0. The summed E-state index contributed by atoms with van der Waals surface area (Å²) in [4.78, 5) is 35.8. The van der Waals surface area contributed by atoms with Crippen molar-refractivity contribution in [2.24, 2.45) is 0 Å². The number of aryl methyl sites for hydroxylation is 1. The first-order valence-corrected chi connectivity index (χ1v) is 13.0. The number of ketones is 1. The summed E-state index contributed by atoms with van der Waals surface area (Å²) in [6.07, 6.45) is 5.13. The van der Waals surface area contributed by atoms with Crippen LogP contribution in [0.1, 0.15) is 33.9 Å². The Morgan fingerprint density at radius 2 is 1.75 bits per heavy atom. The second-order valence-corrected chi connectivity index (χ2v) is 9.83. The number of rotatable bonds is 7. The van der Waals surface area contributed by atoms with Crippen molar-refractivity contribution >= 4 is 28.4 Å². The maximum Gasteiger partial charge on any atom is 0.295 e. The first kappa shape index (κ1) is 25.1. The van der Waals surface area contributed by atoms with Crippen LogP contribution in [0.15, 0.2) is 109 Å². The molecule has 6 rings (SSSR count). The minimum atomic E-state index is -0.786. The van der Waals surface area contributed by atoms with Crippen molar-refractivity contribution in [3.05, 3.63) is 137 Å². The van der Waals surface area contributed by atoms with Gasteiger partial charge in [-0.25, -0.2) is 0 Å². The van der Waals surface area contributed by atoms with E-state index < -0.39 is 17.7 Å². The standard InChI is InChI=1S/C33H27N3O4/c1-21-16-24(13-14-28(21)40-20-22-8-3-2-4-9-22)31(37)29-30(26-18-35-27-12-6-5-11-25(26)27)36(33(39)32(29)38)19-23-10-7-15-34-17-23/h2-18,30,35,37H,19-20H2,1H3/b31-29+. The van der Waals surface area contributed by atoms with E-state index in [1.54, 1.807) is 42.9 Å². The maximum absolute atomic E-state index is 13.5. The van der Waals surface area contributed by atoms with Gasteiger partial charge in [0.2, 0.25) is 0 Å². The van der Waals surface area contributed by atoms with Crippen LogP contribution in [-0.2, 0) is 22.7 Å². The molecule has 1 fully saturated rings. The number of carbonyl (C=O) groups is 2. The second kappa shape index (κ2) is 10.5. The van der Waals surface area contributed by atoms with Crippen LogP contribution >= 0.6 is 0 Å². The fourth-order valence-electron chi connectivity index (χ4n) is 5.22. The van der Waals surface area contributed by atoms with Gasteiger partial charge in [0.25, 0.3) is 11.7 Å². The molecule has 1 amide bonds. The third-order valence-corrected chi connectivity index (χ3v) is 7.22. The van der Waals surface area contributed by atoms with Gasteiger partial charge in [0.15, 0.2) is 0 Å². The van der Waals surface area contributed by atoms with Crippen LogP contribution in [0, 0.1) is 6.92 Å². The zero-order valence-corrected chi connectivity index (χ0v) is 21.9. The molecule has 198 valence electrons. The van der Waals surface area contributed by atoms with Crippen molar-refractivity contribution in [3.8, 4) is 5.75 Å². The monoisotopic (exact) mass is 529 g/mol. The average Bonchev–Trinajstić information content (AvgIpc) is 3.51. The molecule has 2 N–H and O–H groups in total. The minimum Gasteiger partial charge on any atom is -0.507 e. The molecule has 3 heterocycles. The van der Waals surface area contributed by atoms with Gasteiger partial charge in [0.1, 0.15) is 18.1 Å². The van der Waals surface area contributed by atoms with Gasteiger partial charge in [-0.2, -0.15) is 0 Å². The van der Waals surface area contributed by atoms with Crippen molar-refractivity contribution in [1.29, 1.82) is 0 Å². The molecule has 40 heavy (non-hydrogen) atoms. The predicted octanol–water partition coefficient (Wildman–Crippen LogP) is 6.07. The largest absolute Gasteiger partial charge is 0.507 e. The van der Waals surface area contributed by atoms with Crippen molar-refractivity contribution in [2.45, 2.75) is 26.1 Å². The summed E-state index contributed by atoms with van der Waals surface area (Å²) in [6, 6.07) is 25.7. The molecule has 1 atom stereocenters. The van der Waals surface area contributed by atoms with Crippen molar-refractivity contribution < 1.29 is 19.4 Å². The summed E-state index contributed by atoms with van der Waals surface area (Å²) in [5.41, 5.74) is 4.73. The fourth-order valence-corrected chi connectivity index (χ4v) is 5.22. The van der Waals surface area contributed by atoms with E-state index in [0.29, 0.717) is 17.9 Å². The summed E-state index contributed by atoms with van der Waals surface area (Å²) in [7, 11) is 0. The SMILES string of the molecule is Cc1cc(/C(O)=C2\C(=O)C(=O)N(Cc3cccnc3)C2c2c[nH]c3ccccc23)ccc1OCc1ccccc1. The van der Waals surface area contributed by atoms with Gasteiger partial charge < -0.3 is 19.7 Å². The zero-order chi connectivity index (χ0) is 27.6.